The third kappa shape index (κ3) is 2.60. The lowest BCUT2D eigenvalue weighted by Crippen LogP contribution is -2.44. The van der Waals surface area contributed by atoms with E-state index in [9.17, 15) is 4.79 Å². The molecule has 1 fully saturated rings. The number of hydrogen-bond acceptors (Lipinski definition) is 4. The van der Waals surface area contributed by atoms with Crippen LogP contribution in [0.1, 0.15) is 23.0 Å². The van der Waals surface area contributed by atoms with Gasteiger partial charge < -0.3 is 9.64 Å². The number of carbonyl (C=O) groups excluding carboxylic acids is 1. The Bertz CT molecular complexity index is 450. The Morgan fingerprint density at radius 3 is 3.06 bits per heavy atom. The quantitative estimate of drug-likeness (QED) is 0.717. The summed E-state index contributed by atoms with van der Waals surface area (Å²) < 4.78 is 5.37. The second-order valence-corrected chi connectivity index (χ2v) is 3.98. The fourth-order valence-corrected chi connectivity index (χ4v) is 1.75. The Hall–Kier alpha value is -1.93. The Morgan fingerprint density at radius 1 is 1.65 bits per heavy atom. The van der Waals surface area contributed by atoms with E-state index in [4.69, 9.17) is 10.00 Å². The first-order valence-electron chi connectivity index (χ1n) is 5.47. The third-order valence-corrected chi connectivity index (χ3v) is 2.64. The van der Waals surface area contributed by atoms with Crippen LogP contribution >= 0.6 is 0 Å². The van der Waals surface area contributed by atoms with Crippen LogP contribution in [0, 0.1) is 11.3 Å². The first-order chi connectivity index (χ1) is 8.20. The molecule has 1 aliphatic rings. The maximum Gasteiger partial charge on any atom is 0.272 e. The van der Waals surface area contributed by atoms with Gasteiger partial charge in [-0.25, -0.2) is 4.98 Å². The number of nitrogens with zero attached hydrogens (tertiary/aromatic N) is 3. The van der Waals surface area contributed by atoms with Crippen molar-refractivity contribution in [3.05, 3.63) is 29.6 Å². The van der Waals surface area contributed by atoms with Crippen LogP contribution in [0.3, 0.4) is 0 Å². The zero-order valence-electron chi connectivity index (χ0n) is 9.59. The maximum atomic E-state index is 12.1. The number of pyridine rings is 1. The number of nitriles is 1. The normalized spacial score (nSPS) is 19.8. The molecular formula is C12H13N3O2. The van der Waals surface area contributed by atoms with Crippen molar-refractivity contribution in [1.82, 2.24) is 9.88 Å². The molecule has 1 saturated heterocycles. The van der Waals surface area contributed by atoms with Gasteiger partial charge in [0.05, 0.1) is 18.3 Å². The molecule has 0 spiro atoms. The van der Waals surface area contributed by atoms with Crippen molar-refractivity contribution in [2.75, 3.05) is 19.7 Å². The molecule has 1 amide bonds. The standard InChI is InChI=1S/C12H13N3O2/c1-9-8-15(4-5-17-9)12(16)11-3-2-10(6-13)7-14-11/h2-3,7,9H,4-5,8H2,1H3. The van der Waals surface area contributed by atoms with Crippen molar-refractivity contribution in [1.29, 1.82) is 5.26 Å². The highest BCUT2D eigenvalue weighted by Gasteiger charge is 2.23. The molecule has 88 valence electrons. The number of rotatable bonds is 1. The molecule has 2 rings (SSSR count). The van der Waals surface area contributed by atoms with Crippen LogP contribution in [0.5, 0.6) is 0 Å². The molecule has 2 heterocycles. The molecule has 1 atom stereocenters. The van der Waals surface area contributed by atoms with Gasteiger partial charge in [-0.05, 0) is 19.1 Å². The fourth-order valence-electron chi connectivity index (χ4n) is 1.75. The largest absolute Gasteiger partial charge is 0.375 e. The predicted molar refractivity (Wildman–Crippen MR) is 60.3 cm³/mol. The molecular weight excluding hydrogens is 218 g/mol. The zero-order valence-corrected chi connectivity index (χ0v) is 9.59. The topological polar surface area (TPSA) is 66.2 Å². The van der Waals surface area contributed by atoms with Crippen molar-refractivity contribution in [2.24, 2.45) is 0 Å². The van der Waals surface area contributed by atoms with Gasteiger partial charge in [0.15, 0.2) is 0 Å². The van der Waals surface area contributed by atoms with Gasteiger partial charge in [-0.15, -0.1) is 0 Å². The van der Waals surface area contributed by atoms with E-state index in [1.807, 2.05) is 13.0 Å². The lowest BCUT2D eigenvalue weighted by Gasteiger charge is -2.30. The Morgan fingerprint density at radius 2 is 2.47 bits per heavy atom. The molecule has 0 radical (unpaired) electrons. The van der Waals surface area contributed by atoms with Crippen LogP contribution in [-0.4, -0.2) is 41.6 Å². The molecule has 1 aromatic heterocycles. The summed E-state index contributed by atoms with van der Waals surface area (Å²) in [5, 5.41) is 8.65. The van der Waals surface area contributed by atoms with Gasteiger partial charge in [0.1, 0.15) is 11.8 Å². The van der Waals surface area contributed by atoms with E-state index in [1.165, 1.54) is 6.20 Å². The summed E-state index contributed by atoms with van der Waals surface area (Å²) in [7, 11) is 0. The molecule has 17 heavy (non-hydrogen) atoms. The van der Waals surface area contributed by atoms with Crippen molar-refractivity contribution >= 4 is 5.91 Å². The molecule has 0 aliphatic carbocycles. The monoisotopic (exact) mass is 231 g/mol. The van der Waals surface area contributed by atoms with Crippen molar-refractivity contribution in [2.45, 2.75) is 13.0 Å². The number of ether oxygens (including phenoxy) is 1. The SMILES string of the molecule is CC1CN(C(=O)c2ccc(C#N)cn2)CCO1. The number of carbonyl (C=O) groups is 1. The zero-order chi connectivity index (χ0) is 12.3. The Balaban J connectivity index is 2.11. The first-order valence-corrected chi connectivity index (χ1v) is 5.47. The van der Waals surface area contributed by atoms with Crippen molar-refractivity contribution < 1.29 is 9.53 Å². The molecule has 5 nitrogen and oxygen atoms in total. The van der Waals surface area contributed by atoms with Crippen molar-refractivity contribution in [3.8, 4) is 6.07 Å². The van der Waals surface area contributed by atoms with Crippen LogP contribution in [0.2, 0.25) is 0 Å². The van der Waals surface area contributed by atoms with Crippen LogP contribution in [0.25, 0.3) is 0 Å². The third-order valence-electron chi connectivity index (χ3n) is 2.64. The summed E-state index contributed by atoms with van der Waals surface area (Å²) in [6.45, 7) is 3.67. The summed E-state index contributed by atoms with van der Waals surface area (Å²) >= 11 is 0. The van der Waals surface area contributed by atoms with Gasteiger partial charge in [0.25, 0.3) is 5.91 Å². The molecule has 5 heteroatoms. The maximum absolute atomic E-state index is 12.1. The lowest BCUT2D eigenvalue weighted by atomic mass is 10.2. The molecule has 1 aliphatic heterocycles. The highest BCUT2D eigenvalue weighted by atomic mass is 16.5. The van der Waals surface area contributed by atoms with Gasteiger partial charge in [0, 0.05) is 19.3 Å². The average molecular weight is 231 g/mol. The van der Waals surface area contributed by atoms with Crippen LogP contribution in [0.4, 0.5) is 0 Å². The second-order valence-electron chi connectivity index (χ2n) is 3.98. The summed E-state index contributed by atoms with van der Waals surface area (Å²) in [6, 6.07) is 5.16. The molecule has 0 aromatic carbocycles. The van der Waals surface area contributed by atoms with Gasteiger partial charge >= 0.3 is 0 Å². The highest BCUT2D eigenvalue weighted by molar-refractivity contribution is 5.92. The van der Waals surface area contributed by atoms with Crippen LogP contribution in [-0.2, 0) is 4.74 Å². The summed E-state index contributed by atoms with van der Waals surface area (Å²) in [6.07, 6.45) is 1.47. The molecule has 0 N–H and O–H groups in total. The average Bonchev–Trinajstić information content (AvgIpc) is 2.38. The Kier molecular flexibility index (Phi) is 3.35. The van der Waals surface area contributed by atoms with Crippen LogP contribution < -0.4 is 0 Å². The molecule has 0 saturated carbocycles. The fraction of sp³-hybridized carbons (Fsp3) is 0.417. The van der Waals surface area contributed by atoms with E-state index >= 15 is 0 Å². The van der Waals surface area contributed by atoms with E-state index in [2.05, 4.69) is 4.98 Å². The van der Waals surface area contributed by atoms with E-state index in [0.29, 0.717) is 31.0 Å². The summed E-state index contributed by atoms with van der Waals surface area (Å²) in [4.78, 5) is 17.8. The molecule has 1 unspecified atom stereocenters. The van der Waals surface area contributed by atoms with Gasteiger partial charge in [-0.1, -0.05) is 0 Å². The minimum atomic E-state index is -0.107. The van der Waals surface area contributed by atoms with Crippen molar-refractivity contribution in [3.63, 3.8) is 0 Å². The predicted octanol–water partition coefficient (Wildman–Crippen LogP) is 0.814. The second kappa shape index (κ2) is 4.93. The van der Waals surface area contributed by atoms with E-state index in [0.717, 1.165) is 0 Å². The minimum absolute atomic E-state index is 0.0612. The van der Waals surface area contributed by atoms with Gasteiger partial charge in [-0.2, -0.15) is 5.26 Å². The van der Waals surface area contributed by atoms with Gasteiger partial charge in [-0.3, -0.25) is 4.79 Å². The summed E-state index contributed by atoms with van der Waals surface area (Å²) in [5.74, 6) is -0.107. The Labute approximate surface area is 99.6 Å². The van der Waals surface area contributed by atoms with E-state index < -0.39 is 0 Å². The van der Waals surface area contributed by atoms with Crippen LogP contribution in [0.15, 0.2) is 18.3 Å². The highest BCUT2D eigenvalue weighted by Crippen LogP contribution is 2.09. The number of amides is 1. The summed E-state index contributed by atoms with van der Waals surface area (Å²) in [5.41, 5.74) is 0.829. The van der Waals surface area contributed by atoms with E-state index in [1.54, 1.807) is 17.0 Å². The lowest BCUT2D eigenvalue weighted by molar-refractivity contribution is -0.0126. The van der Waals surface area contributed by atoms with E-state index in [-0.39, 0.29) is 12.0 Å². The number of hydrogen-bond donors (Lipinski definition) is 0. The first kappa shape index (κ1) is 11.6. The minimum Gasteiger partial charge on any atom is -0.375 e. The number of morpholine rings is 1. The smallest absolute Gasteiger partial charge is 0.272 e. The molecule has 0 bridgehead atoms. The van der Waals surface area contributed by atoms with Gasteiger partial charge in [0.2, 0.25) is 0 Å². The number of aromatic nitrogens is 1. The molecule has 1 aromatic rings.